The zero-order valence-corrected chi connectivity index (χ0v) is 10.4. The first-order valence-electron chi connectivity index (χ1n) is 6.63. The molecular weight excluding hydrogens is 198 g/mol. The third-order valence-electron chi connectivity index (χ3n) is 5.34. The van der Waals surface area contributed by atoms with E-state index in [1.54, 1.807) is 5.57 Å². The van der Waals surface area contributed by atoms with E-state index >= 15 is 0 Å². The molecule has 90 valence electrons. The molecule has 1 saturated heterocycles. The molecule has 4 aliphatic rings. The first-order chi connectivity index (χ1) is 7.51. The Kier molecular flexibility index (Phi) is 2.25. The summed E-state index contributed by atoms with van der Waals surface area (Å²) in [6, 6.07) is 0. The average Bonchev–Trinajstić information content (AvgIpc) is 2.64. The Hall–Kier alpha value is -0.340. The Labute approximate surface area is 98.1 Å². The molecule has 2 bridgehead atoms. The highest BCUT2D eigenvalue weighted by Crippen LogP contribution is 2.60. The average molecular weight is 221 g/mol. The molecule has 0 aromatic rings. The number of hydrogen-bond donors (Lipinski definition) is 2. The van der Waals surface area contributed by atoms with Crippen LogP contribution in [0.15, 0.2) is 11.6 Å². The first-order valence-corrected chi connectivity index (χ1v) is 6.63. The van der Waals surface area contributed by atoms with Crippen molar-refractivity contribution < 1.29 is 5.11 Å². The van der Waals surface area contributed by atoms with Gasteiger partial charge in [-0.3, -0.25) is 0 Å². The summed E-state index contributed by atoms with van der Waals surface area (Å²) < 4.78 is 0. The van der Waals surface area contributed by atoms with Gasteiger partial charge in [-0.25, -0.2) is 0 Å². The molecule has 0 radical (unpaired) electrons. The van der Waals surface area contributed by atoms with Crippen LogP contribution in [0.4, 0.5) is 0 Å². The molecule has 2 N–H and O–H groups in total. The molecule has 3 unspecified atom stereocenters. The number of fused-ring (bicyclic) bond motifs is 1. The first kappa shape index (κ1) is 10.8. The number of nitrogens with one attached hydrogen (secondary N) is 1. The van der Waals surface area contributed by atoms with E-state index in [1.165, 1.54) is 12.8 Å². The molecule has 2 nitrogen and oxygen atoms in total. The van der Waals surface area contributed by atoms with Crippen molar-refractivity contribution in [2.75, 3.05) is 13.1 Å². The lowest BCUT2D eigenvalue weighted by molar-refractivity contribution is -0.0206. The van der Waals surface area contributed by atoms with Crippen molar-refractivity contribution >= 4 is 0 Å². The summed E-state index contributed by atoms with van der Waals surface area (Å²) >= 11 is 0. The summed E-state index contributed by atoms with van der Waals surface area (Å²) in [5.41, 5.74) is 1.58. The second-order valence-corrected chi connectivity index (χ2v) is 6.65. The van der Waals surface area contributed by atoms with Gasteiger partial charge in [-0.1, -0.05) is 25.5 Å². The second kappa shape index (κ2) is 3.33. The predicted octanol–water partition coefficient (Wildman–Crippen LogP) is 2.09. The molecule has 1 heterocycles. The zero-order valence-electron chi connectivity index (χ0n) is 10.4. The zero-order chi connectivity index (χ0) is 11.4. The maximum atomic E-state index is 10.4. The van der Waals surface area contributed by atoms with Crippen LogP contribution in [0.2, 0.25) is 0 Å². The van der Waals surface area contributed by atoms with Crippen LogP contribution in [0.25, 0.3) is 0 Å². The summed E-state index contributed by atoms with van der Waals surface area (Å²) in [6.07, 6.45) is 6.84. The lowest BCUT2D eigenvalue weighted by atomic mass is 9.48. The van der Waals surface area contributed by atoms with Crippen molar-refractivity contribution in [3.05, 3.63) is 11.6 Å². The number of aliphatic hydroxyl groups is 1. The van der Waals surface area contributed by atoms with Gasteiger partial charge in [0, 0.05) is 6.54 Å². The molecule has 3 atom stereocenters. The molecule has 16 heavy (non-hydrogen) atoms. The third-order valence-corrected chi connectivity index (χ3v) is 5.34. The van der Waals surface area contributed by atoms with Gasteiger partial charge in [0.1, 0.15) is 0 Å². The monoisotopic (exact) mass is 221 g/mol. The molecule has 0 aromatic heterocycles. The summed E-state index contributed by atoms with van der Waals surface area (Å²) in [5, 5.41) is 13.7. The van der Waals surface area contributed by atoms with Gasteiger partial charge in [0.25, 0.3) is 0 Å². The maximum Gasteiger partial charge on any atom is 0.0820 e. The summed E-state index contributed by atoms with van der Waals surface area (Å²) in [4.78, 5) is 0. The van der Waals surface area contributed by atoms with Crippen molar-refractivity contribution in [2.45, 2.75) is 45.1 Å². The molecule has 0 aromatic carbocycles. The van der Waals surface area contributed by atoms with E-state index < -0.39 is 5.60 Å². The number of hydrogen-bond acceptors (Lipinski definition) is 2. The molecular formula is C14H23NO. The summed E-state index contributed by atoms with van der Waals surface area (Å²) in [7, 11) is 0. The minimum atomic E-state index is -0.454. The fraction of sp³-hybridized carbons (Fsp3) is 0.857. The van der Waals surface area contributed by atoms with Crippen molar-refractivity contribution in [1.82, 2.24) is 5.32 Å². The van der Waals surface area contributed by atoms with Crippen molar-refractivity contribution in [3.8, 4) is 0 Å². The fourth-order valence-corrected chi connectivity index (χ4v) is 3.94. The molecule has 3 aliphatic carbocycles. The number of rotatable bonds is 2. The third kappa shape index (κ3) is 1.46. The summed E-state index contributed by atoms with van der Waals surface area (Å²) in [5.74, 6) is 1.65. The Balaban J connectivity index is 1.74. The van der Waals surface area contributed by atoms with Crippen LogP contribution in [0, 0.1) is 17.3 Å². The van der Waals surface area contributed by atoms with Gasteiger partial charge < -0.3 is 10.4 Å². The van der Waals surface area contributed by atoms with Gasteiger partial charge in [0.2, 0.25) is 0 Å². The Bertz CT molecular complexity index is 326. The highest BCUT2D eigenvalue weighted by atomic mass is 16.3. The van der Waals surface area contributed by atoms with E-state index in [0.29, 0.717) is 5.41 Å². The molecule has 1 saturated carbocycles. The van der Waals surface area contributed by atoms with E-state index in [-0.39, 0.29) is 0 Å². The number of β-amino-alcohol motifs (C(OH)–C–C–N with tert-alkyl or cyclic N) is 1. The largest absolute Gasteiger partial charge is 0.388 e. The van der Waals surface area contributed by atoms with Gasteiger partial charge in [-0.2, -0.15) is 0 Å². The van der Waals surface area contributed by atoms with Crippen LogP contribution in [0.3, 0.4) is 0 Å². The van der Waals surface area contributed by atoms with Crippen LogP contribution in [0.5, 0.6) is 0 Å². The topological polar surface area (TPSA) is 32.3 Å². The quantitative estimate of drug-likeness (QED) is 0.700. The highest BCUT2D eigenvalue weighted by Gasteiger charge is 2.52. The SMILES string of the molecule is CC1(C)C2CC=C(CC3(O)CCNC3)C1C2. The van der Waals surface area contributed by atoms with Gasteiger partial charge >= 0.3 is 0 Å². The van der Waals surface area contributed by atoms with E-state index in [0.717, 1.165) is 37.8 Å². The number of allylic oxidation sites excluding steroid dienone is 1. The Morgan fingerprint density at radius 2 is 2.31 bits per heavy atom. The normalized spacial score (nSPS) is 45.1. The van der Waals surface area contributed by atoms with Gasteiger partial charge in [-0.15, -0.1) is 0 Å². The van der Waals surface area contributed by atoms with Gasteiger partial charge in [-0.05, 0) is 49.5 Å². The van der Waals surface area contributed by atoms with Gasteiger partial charge in [0.15, 0.2) is 0 Å². The predicted molar refractivity (Wildman–Crippen MR) is 65.1 cm³/mol. The fourth-order valence-electron chi connectivity index (χ4n) is 3.94. The van der Waals surface area contributed by atoms with Crippen LogP contribution in [-0.2, 0) is 0 Å². The highest BCUT2D eigenvalue weighted by molar-refractivity contribution is 5.25. The minimum absolute atomic E-state index is 0.454. The molecule has 4 rings (SSSR count). The Morgan fingerprint density at radius 3 is 2.88 bits per heavy atom. The lowest BCUT2D eigenvalue weighted by Gasteiger charge is -2.57. The molecule has 0 amide bonds. The van der Waals surface area contributed by atoms with Crippen molar-refractivity contribution in [1.29, 1.82) is 0 Å². The van der Waals surface area contributed by atoms with Crippen LogP contribution in [-0.4, -0.2) is 23.8 Å². The standard InChI is InChI=1S/C14H23NO/c1-13(2)11-4-3-10(12(13)7-11)8-14(16)5-6-15-9-14/h3,11-12,15-16H,4-9H2,1-2H3. The maximum absolute atomic E-state index is 10.4. The summed E-state index contributed by atoms with van der Waals surface area (Å²) in [6.45, 7) is 6.55. The molecule has 2 fully saturated rings. The molecule has 1 aliphatic heterocycles. The minimum Gasteiger partial charge on any atom is -0.388 e. The van der Waals surface area contributed by atoms with Crippen molar-refractivity contribution in [2.24, 2.45) is 17.3 Å². The second-order valence-electron chi connectivity index (χ2n) is 6.65. The van der Waals surface area contributed by atoms with E-state index in [9.17, 15) is 5.11 Å². The van der Waals surface area contributed by atoms with Crippen LogP contribution in [0.1, 0.15) is 39.5 Å². The molecule has 2 heteroatoms. The van der Waals surface area contributed by atoms with Crippen LogP contribution < -0.4 is 5.32 Å². The Morgan fingerprint density at radius 1 is 1.50 bits per heavy atom. The van der Waals surface area contributed by atoms with E-state index in [2.05, 4.69) is 25.2 Å². The lowest BCUT2D eigenvalue weighted by Crippen LogP contribution is -2.49. The molecule has 0 spiro atoms. The smallest absolute Gasteiger partial charge is 0.0820 e. The van der Waals surface area contributed by atoms with Crippen LogP contribution >= 0.6 is 0 Å². The van der Waals surface area contributed by atoms with E-state index in [4.69, 9.17) is 0 Å². The van der Waals surface area contributed by atoms with E-state index in [1.807, 2.05) is 0 Å². The van der Waals surface area contributed by atoms with Crippen molar-refractivity contribution in [3.63, 3.8) is 0 Å². The van der Waals surface area contributed by atoms with Gasteiger partial charge in [0.05, 0.1) is 5.60 Å².